The third-order valence-electron chi connectivity index (χ3n) is 4.80. The van der Waals surface area contributed by atoms with Crippen molar-refractivity contribution in [1.82, 2.24) is 9.55 Å². The molecule has 1 amide bonds. The third-order valence-corrected chi connectivity index (χ3v) is 5.86. The number of amides is 1. The quantitative estimate of drug-likeness (QED) is 0.431. The van der Waals surface area contributed by atoms with E-state index in [1.165, 1.54) is 34.9 Å². The predicted molar refractivity (Wildman–Crippen MR) is 129 cm³/mol. The van der Waals surface area contributed by atoms with Crippen LogP contribution in [0.4, 0.5) is 10.1 Å². The Hall–Kier alpha value is -4.11. The van der Waals surface area contributed by atoms with Gasteiger partial charge in [-0.3, -0.25) is 19.1 Å². The van der Waals surface area contributed by atoms with Crippen molar-refractivity contribution in [2.45, 2.75) is 13.5 Å². The summed E-state index contributed by atoms with van der Waals surface area (Å²) in [4.78, 5) is 42.1. The van der Waals surface area contributed by atoms with E-state index in [0.29, 0.717) is 4.53 Å². The number of hydrogen-bond acceptors (Lipinski definition) is 6. The molecular formula is C25H20FN3O4S. The van der Waals surface area contributed by atoms with Crippen molar-refractivity contribution in [3.63, 3.8) is 0 Å². The van der Waals surface area contributed by atoms with Crippen LogP contribution < -0.4 is 20.1 Å². The molecule has 4 rings (SSSR count). The third kappa shape index (κ3) is 5.44. The number of pyridine rings is 1. The minimum absolute atomic E-state index is 0.176. The summed E-state index contributed by atoms with van der Waals surface area (Å²) in [6.45, 7) is 1.50. The Balaban J connectivity index is 1.73. The monoisotopic (exact) mass is 477 g/mol. The Morgan fingerprint density at radius 3 is 2.82 bits per heavy atom. The van der Waals surface area contributed by atoms with Crippen molar-refractivity contribution < 1.29 is 18.7 Å². The first-order chi connectivity index (χ1) is 16.4. The second-order valence-electron chi connectivity index (χ2n) is 7.25. The van der Waals surface area contributed by atoms with Gasteiger partial charge >= 0.3 is 5.97 Å². The first-order valence-corrected chi connectivity index (χ1v) is 11.2. The van der Waals surface area contributed by atoms with Gasteiger partial charge in [0, 0.05) is 17.3 Å². The van der Waals surface area contributed by atoms with Crippen molar-refractivity contribution in [2.24, 2.45) is 0 Å². The van der Waals surface area contributed by atoms with Gasteiger partial charge in [0.25, 0.3) is 5.56 Å². The zero-order chi connectivity index (χ0) is 24.1. The number of nitrogens with one attached hydrogen (secondary N) is 1. The van der Waals surface area contributed by atoms with Crippen molar-refractivity contribution in [2.75, 3.05) is 11.9 Å². The lowest BCUT2D eigenvalue weighted by molar-refractivity contribution is -0.135. The van der Waals surface area contributed by atoms with Crippen LogP contribution in [0.25, 0.3) is 23.1 Å². The van der Waals surface area contributed by atoms with E-state index in [2.05, 4.69) is 10.3 Å². The number of esters is 1. The molecule has 34 heavy (non-hydrogen) atoms. The number of thiazole rings is 1. The Bertz CT molecular complexity index is 1560. The van der Waals surface area contributed by atoms with Crippen LogP contribution >= 0.6 is 11.3 Å². The van der Waals surface area contributed by atoms with Crippen molar-refractivity contribution in [1.29, 1.82) is 0 Å². The van der Waals surface area contributed by atoms with Gasteiger partial charge in [0.05, 0.1) is 22.7 Å². The number of rotatable bonds is 6. The Labute approximate surface area is 197 Å². The van der Waals surface area contributed by atoms with Crippen LogP contribution in [0.2, 0.25) is 0 Å². The van der Waals surface area contributed by atoms with Gasteiger partial charge in [0.1, 0.15) is 17.0 Å². The molecule has 4 aromatic rings. The van der Waals surface area contributed by atoms with Crippen molar-refractivity contribution in [3.05, 3.63) is 91.7 Å². The summed E-state index contributed by atoms with van der Waals surface area (Å²) < 4.78 is 20.2. The largest absolute Gasteiger partial charge is 0.463 e. The van der Waals surface area contributed by atoms with Gasteiger partial charge in [-0.25, -0.2) is 9.18 Å². The number of carbonyl (C=O) groups is 2. The molecule has 0 bridgehead atoms. The number of halogens is 1. The molecule has 0 aliphatic carbocycles. The minimum atomic E-state index is -0.619. The molecule has 9 heteroatoms. The van der Waals surface area contributed by atoms with E-state index in [4.69, 9.17) is 4.74 Å². The van der Waals surface area contributed by atoms with Crippen LogP contribution in [0.1, 0.15) is 12.5 Å². The second-order valence-corrected chi connectivity index (χ2v) is 8.31. The van der Waals surface area contributed by atoms with Crippen LogP contribution in [-0.4, -0.2) is 28.0 Å². The van der Waals surface area contributed by atoms with Gasteiger partial charge in [-0.05, 0) is 55.0 Å². The Morgan fingerprint density at radius 1 is 1.18 bits per heavy atom. The maximum absolute atomic E-state index is 13.4. The van der Waals surface area contributed by atoms with Gasteiger partial charge < -0.3 is 10.1 Å². The fraction of sp³-hybridized carbons (Fsp3) is 0.120. The fourth-order valence-electron chi connectivity index (χ4n) is 3.32. The van der Waals surface area contributed by atoms with Gasteiger partial charge in [0.15, 0.2) is 0 Å². The SMILES string of the molecule is CCOC(=O)/C=c1/s/c(=C/c2ccc3ncccc3c2)c(=O)n1CC(=O)Nc1cccc(F)c1. The number of hydrogen-bond donors (Lipinski definition) is 1. The van der Waals surface area contributed by atoms with Crippen LogP contribution in [0.5, 0.6) is 0 Å². The highest BCUT2D eigenvalue weighted by Crippen LogP contribution is 2.13. The van der Waals surface area contributed by atoms with Gasteiger partial charge in [-0.2, -0.15) is 0 Å². The topological polar surface area (TPSA) is 90.3 Å². The molecule has 2 heterocycles. The lowest BCUT2D eigenvalue weighted by atomic mass is 10.1. The minimum Gasteiger partial charge on any atom is -0.463 e. The smallest absolute Gasteiger partial charge is 0.333 e. The second kappa shape index (κ2) is 10.2. The normalized spacial score (nSPS) is 12.2. The molecule has 0 spiro atoms. The van der Waals surface area contributed by atoms with Crippen LogP contribution in [0.15, 0.2) is 65.6 Å². The lowest BCUT2D eigenvalue weighted by Gasteiger charge is -2.06. The Kier molecular flexibility index (Phi) is 6.93. The molecular weight excluding hydrogens is 457 g/mol. The maximum atomic E-state index is 13.4. The molecule has 0 radical (unpaired) electrons. The number of benzene rings is 2. The molecule has 0 atom stereocenters. The molecule has 2 aromatic heterocycles. The molecule has 0 saturated heterocycles. The summed E-state index contributed by atoms with van der Waals surface area (Å²) in [5.74, 6) is -1.65. The van der Waals surface area contributed by atoms with Gasteiger partial charge in [-0.1, -0.05) is 18.2 Å². The highest BCUT2D eigenvalue weighted by molar-refractivity contribution is 7.07. The van der Waals surface area contributed by atoms with Crippen molar-refractivity contribution in [3.8, 4) is 0 Å². The molecule has 0 aliphatic heterocycles. The summed E-state index contributed by atoms with van der Waals surface area (Å²) in [6.07, 6.45) is 4.59. The standard InChI is InChI=1S/C25H20FN3O4S/c1-2-33-24(31)14-23-29(15-22(30)28-19-7-3-6-18(26)13-19)25(32)21(34-23)12-16-8-9-20-17(11-16)5-4-10-27-20/h3-14H,2,15H2,1H3,(H,28,30)/b21-12+,23-14+. The van der Waals surface area contributed by atoms with Crippen LogP contribution in [0, 0.1) is 5.82 Å². The number of carbonyl (C=O) groups excluding carboxylic acids is 2. The van der Waals surface area contributed by atoms with Gasteiger partial charge in [-0.15, -0.1) is 11.3 Å². The Morgan fingerprint density at radius 2 is 2.03 bits per heavy atom. The number of fused-ring (bicyclic) bond motifs is 1. The molecule has 0 aliphatic rings. The van der Waals surface area contributed by atoms with E-state index in [-0.39, 0.29) is 23.5 Å². The fourth-order valence-corrected chi connectivity index (χ4v) is 4.35. The van der Waals surface area contributed by atoms with Crippen molar-refractivity contribution >= 4 is 52.0 Å². The van der Waals surface area contributed by atoms with E-state index in [0.717, 1.165) is 27.8 Å². The molecule has 1 N–H and O–H groups in total. The molecule has 7 nitrogen and oxygen atoms in total. The molecule has 172 valence electrons. The van der Waals surface area contributed by atoms with Crippen LogP contribution in [-0.2, 0) is 20.9 Å². The van der Waals surface area contributed by atoms with E-state index in [1.807, 2.05) is 30.3 Å². The average molecular weight is 478 g/mol. The summed E-state index contributed by atoms with van der Waals surface area (Å²) >= 11 is 1.07. The maximum Gasteiger partial charge on any atom is 0.333 e. The average Bonchev–Trinajstić information content (AvgIpc) is 3.07. The van der Waals surface area contributed by atoms with E-state index in [1.54, 1.807) is 19.2 Å². The molecule has 2 aromatic carbocycles. The van der Waals surface area contributed by atoms with E-state index < -0.39 is 23.3 Å². The molecule has 0 saturated carbocycles. The summed E-state index contributed by atoms with van der Waals surface area (Å²) in [7, 11) is 0. The zero-order valence-corrected chi connectivity index (χ0v) is 19.0. The molecule has 0 unspecified atom stereocenters. The lowest BCUT2D eigenvalue weighted by Crippen LogP contribution is -2.36. The van der Waals surface area contributed by atoms with E-state index >= 15 is 0 Å². The van der Waals surface area contributed by atoms with E-state index in [9.17, 15) is 18.8 Å². The number of anilines is 1. The highest BCUT2D eigenvalue weighted by Gasteiger charge is 2.12. The highest BCUT2D eigenvalue weighted by atomic mass is 32.1. The number of nitrogens with zero attached hydrogens (tertiary/aromatic N) is 2. The first kappa shape index (κ1) is 23.1. The predicted octanol–water partition coefficient (Wildman–Crippen LogP) is 2.41. The summed E-state index contributed by atoms with van der Waals surface area (Å²) in [5, 5.41) is 3.48. The molecule has 0 fully saturated rings. The number of ether oxygens (including phenoxy) is 1. The first-order valence-electron chi connectivity index (χ1n) is 10.4. The number of aromatic nitrogens is 2. The van der Waals surface area contributed by atoms with Crippen LogP contribution in [0.3, 0.4) is 0 Å². The zero-order valence-electron chi connectivity index (χ0n) is 18.2. The van der Waals surface area contributed by atoms with Gasteiger partial charge in [0.2, 0.25) is 5.91 Å². The summed E-state index contributed by atoms with van der Waals surface area (Å²) in [5.41, 5.74) is 1.44. The summed E-state index contributed by atoms with van der Waals surface area (Å²) in [6, 6.07) is 14.8.